The van der Waals surface area contributed by atoms with E-state index in [0.29, 0.717) is 25.2 Å². The Morgan fingerprint density at radius 2 is 2.15 bits per heavy atom. The zero-order valence-electron chi connectivity index (χ0n) is 12.5. The Morgan fingerprint density at radius 1 is 1.40 bits per heavy atom. The highest BCUT2D eigenvalue weighted by molar-refractivity contribution is 5.76. The van der Waals surface area contributed by atoms with Crippen LogP contribution in [0.15, 0.2) is 18.3 Å². The predicted octanol–water partition coefficient (Wildman–Crippen LogP) is 1.54. The summed E-state index contributed by atoms with van der Waals surface area (Å²) in [6.45, 7) is 8.65. The van der Waals surface area contributed by atoms with Crippen molar-refractivity contribution in [1.82, 2.24) is 14.8 Å². The quantitative estimate of drug-likeness (QED) is 0.522. The molecular formula is C15H25N3O2. The van der Waals surface area contributed by atoms with Crippen molar-refractivity contribution in [3.05, 3.63) is 24.0 Å². The van der Waals surface area contributed by atoms with Gasteiger partial charge in [-0.3, -0.25) is 9.59 Å². The van der Waals surface area contributed by atoms with Gasteiger partial charge in [0, 0.05) is 25.7 Å². The summed E-state index contributed by atoms with van der Waals surface area (Å²) in [6.07, 6.45) is 4.00. The second-order valence-electron chi connectivity index (χ2n) is 4.72. The first-order valence-electron chi connectivity index (χ1n) is 7.30. The van der Waals surface area contributed by atoms with Crippen molar-refractivity contribution >= 4 is 12.2 Å². The van der Waals surface area contributed by atoms with Crippen molar-refractivity contribution in [3.63, 3.8) is 0 Å². The van der Waals surface area contributed by atoms with E-state index in [1.165, 1.54) is 0 Å². The average molecular weight is 279 g/mol. The second kappa shape index (κ2) is 9.31. The largest absolute Gasteiger partial charge is 0.356 e. The maximum Gasteiger partial charge on any atom is 0.221 e. The Hall–Kier alpha value is -1.62. The summed E-state index contributed by atoms with van der Waals surface area (Å²) in [5, 5.41) is 2.92. The van der Waals surface area contributed by atoms with Gasteiger partial charge in [-0.05, 0) is 38.2 Å². The Bertz CT molecular complexity index is 411. The maximum atomic E-state index is 11.7. The monoisotopic (exact) mass is 279 g/mol. The van der Waals surface area contributed by atoms with Crippen molar-refractivity contribution in [3.8, 4) is 0 Å². The number of aryl methyl sites for hydroxylation is 1. The van der Waals surface area contributed by atoms with Crippen LogP contribution < -0.4 is 5.32 Å². The summed E-state index contributed by atoms with van der Waals surface area (Å²) in [4.78, 5) is 24.8. The van der Waals surface area contributed by atoms with Gasteiger partial charge in [-0.2, -0.15) is 0 Å². The van der Waals surface area contributed by atoms with E-state index in [4.69, 9.17) is 0 Å². The lowest BCUT2D eigenvalue weighted by Crippen LogP contribution is -2.30. The first-order valence-corrected chi connectivity index (χ1v) is 7.30. The van der Waals surface area contributed by atoms with Crippen molar-refractivity contribution in [2.45, 2.75) is 33.2 Å². The minimum Gasteiger partial charge on any atom is -0.356 e. The molecule has 0 bridgehead atoms. The van der Waals surface area contributed by atoms with E-state index in [9.17, 15) is 9.59 Å². The third kappa shape index (κ3) is 5.57. The van der Waals surface area contributed by atoms with E-state index in [2.05, 4.69) is 24.1 Å². The Balaban J connectivity index is 2.16. The molecule has 0 saturated heterocycles. The fraction of sp³-hybridized carbons (Fsp3) is 0.600. The molecular weight excluding hydrogens is 254 g/mol. The lowest BCUT2D eigenvalue weighted by Gasteiger charge is -2.17. The third-order valence-corrected chi connectivity index (χ3v) is 3.43. The molecule has 0 fully saturated rings. The molecule has 1 heterocycles. The Labute approximate surface area is 120 Å². The first-order chi connectivity index (χ1) is 9.71. The Kier molecular flexibility index (Phi) is 7.65. The zero-order valence-corrected chi connectivity index (χ0v) is 12.5. The van der Waals surface area contributed by atoms with E-state index >= 15 is 0 Å². The van der Waals surface area contributed by atoms with E-state index in [1.807, 2.05) is 12.3 Å². The highest BCUT2D eigenvalue weighted by Gasteiger charge is 2.04. The summed E-state index contributed by atoms with van der Waals surface area (Å²) < 4.78 is 1.79. The van der Waals surface area contributed by atoms with Gasteiger partial charge >= 0.3 is 0 Å². The van der Waals surface area contributed by atoms with Gasteiger partial charge in [0.15, 0.2) is 6.29 Å². The van der Waals surface area contributed by atoms with E-state index < -0.39 is 0 Å². The van der Waals surface area contributed by atoms with Crippen LogP contribution in [0.4, 0.5) is 0 Å². The molecule has 0 spiro atoms. The standard InChI is InChI=1S/C15H25N3O2/c1-3-17(4-2)10-6-9-16-15(20)8-12-18-11-5-7-14(18)13-19/h5,7,11,13H,3-4,6,8-10,12H2,1-2H3,(H,16,20). The number of hydrogen-bond donors (Lipinski definition) is 1. The topological polar surface area (TPSA) is 54.3 Å². The molecule has 5 nitrogen and oxygen atoms in total. The molecule has 1 aromatic heterocycles. The minimum absolute atomic E-state index is 0.0371. The number of carbonyl (C=O) groups is 2. The molecule has 1 amide bonds. The second-order valence-corrected chi connectivity index (χ2v) is 4.72. The number of amides is 1. The van der Waals surface area contributed by atoms with Crippen LogP contribution in [0.3, 0.4) is 0 Å². The highest BCUT2D eigenvalue weighted by atomic mass is 16.1. The number of nitrogens with zero attached hydrogens (tertiary/aromatic N) is 2. The lowest BCUT2D eigenvalue weighted by molar-refractivity contribution is -0.121. The third-order valence-electron chi connectivity index (χ3n) is 3.43. The van der Waals surface area contributed by atoms with Gasteiger partial charge in [-0.15, -0.1) is 0 Å². The van der Waals surface area contributed by atoms with Gasteiger partial charge in [0.25, 0.3) is 0 Å². The first kappa shape index (κ1) is 16.4. The smallest absolute Gasteiger partial charge is 0.221 e. The summed E-state index contributed by atoms with van der Waals surface area (Å²) >= 11 is 0. The average Bonchev–Trinajstić information content (AvgIpc) is 2.92. The summed E-state index contributed by atoms with van der Waals surface area (Å²) in [5.74, 6) is 0.0371. The molecule has 0 unspecified atom stereocenters. The molecule has 0 aliphatic heterocycles. The number of hydrogen-bond acceptors (Lipinski definition) is 3. The molecule has 0 radical (unpaired) electrons. The molecule has 0 aliphatic carbocycles. The van der Waals surface area contributed by atoms with Gasteiger partial charge in [0.1, 0.15) is 0 Å². The van der Waals surface area contributed by atoms with E-state index in [-0.39, 0.29) is 5.91 Å². The van der Waals surface area contributed by atoms with E-state index in [0.717, 1.165) is 32.3 Å². The van der Waals surface area contributed by atoms with Crippen molar-refractivity contribution in [2.24, 2.45) is 0 Å². The summed E-state index contributed by atoms with van der Waals surface area (Å²) in [5.41, 5.74) is 0.610. The molecule has 1 rings (SSSR count). The van der Waals surface area contributed by atoms with Crippen LogP contribution in [0.25, 0.3) is 0 Å². The van der Waals surface area contributed by atoms with Crippen molar-refractivity contribution < 1.29 is 9.59 Å². The minimum atomic E-state index is 0.0371. The molecule has 112 valence electrons. The predicted molar refractivity (Wildman–Crippen MR) is 79.9 cm³/mol. The highest BCUT2D eigenvalue weighted by Crippen LogP contribution is 2.00. The number of nitrogens with one attached hydrogen (secondary N) is 1. The lowest BCUT2D eigenvalue weighted by atomic mass is 10.3. The fourth-order valence-corrected chi connectivity index (χ4v) is 2.12. The molecule has 0 saturated carbocycles. The number of carbonyl (C=O) groups excluding carboxylic acids is 2. The molecule has 0 atom stereocenters. The summed E-state index contributed by atoms with van der Waals surface area (Å²) in [7, 11) is 0. The number of rotatable bonds is 10. The number of aromatic nitrogens is 1. The van der Waals surface area contributed by atoms with Crippen LogP contribution in [0.1, 0.15) is 37.2 Å². The van der Waals surface area contributed by atoms with Crippen LogP contribution in [-0.2, 0) is 11.3 Å². The molecule has 1 N–H and O–H groups in total. The molecule has 0 aromatic carbocycles. The fourth-order valence-electron chi connectivity index (χ4n) is 2.12. The van der Waals surface area contributed by atoms with Gasteiger partial charge in [-0.25, -0.2) is 0 Å². The zero-order chi connectivity index (χ0) is 14.8. The van der Waals surface area contributed by atoms with Crippen LogP contribution in [0, 0.1) is 0 Å². The molecule has 1 aromatic rings. The van der Waals surface area contributed by atoms with Gasteiger partial charge < -0.3 is 14.8 Å². The maximum absolute atomic E-state index is 11.7. The van der Waals surface area contributed by atoms with Crippen LogP contribution in [0.2, 0.25) is 0 Å². The normalized spacial score (nSPS) is 10.8. The van der Waals surface area contributed by atoms with Gasteiger partial charge in [0.05, 0.1) is 5.69 Å². The van der Waals surface area contributed by atoms with Gasteiger partial charge in [-0.1, -0.05) is 13.8 Å². The Morgan fingerprint density at radius 3 is 2.80 bits per heavy atom. The molecule has 20 heavy (non-hydrogen) atoms. The van der Waals surface area contributed by atoms with Crippen LogP contribution >= 0.6 is 0 Å². The van der Waals surface area contributed by atoms with Gasteiger partial charge in [0.2, 0.25) is 5.91 Å². The van der Waals surface area contributed by atoms with E-state index in [1.54, 1.807) is 10.6 Å². The SMILES string of the molecule is CCN(CC)CCCNC(=O)CCn1cccc1C=O. The number of aldehydes is 1. The van der Waals surface area contributed by atoms with Crippen LogP contribution in [-0.4, -0.2) is 47.8 Å². The molecule has 0 aliphatic rings. The summed E-state index contributed by atoms with van der Waals surface area (Å²) in [6, 6.07) is 3.56. The van der Waals surface area contributed by atoms with Crippen molar-refractivity contribution in [1.29, 1.82) is 0 Å². The van der Waals surface area contributed by atoms with Crippen LogP contribution in [0.5, 0.6) is 0 Å². The molecule has 5 heteroatoms. The van der Waals surface area contributed by atoms with Crippen molar-refractivity contribution in [2.75, 3.05) is 26.2 Å².